The highest BCUT2D eigenvalue weighted by atomic mass is 35.5. The van der Waals surface area contributed by atoms with E-state index in [1.807, 2.05) is 42.5 Å². The van der Waals surface area contributed by atoms with Crippen LogP contribution >= 0.6 is 11.6 Å². The van der Waals surface area contributed by atoms with Gasteiger partial charge in [-0.2, -0.15) is 9.78 Å². The molecule has 0 aliphatic heterocycles. The maximum absolute atomic E-state index is 13.5. The van der Waals surface area contributed by atoms with Crippen molar-refractivity contribution in [1.29, 1.82) is 0 Å². The molecule has 1 heterocycles. The second-order valence-electron chi connectivity index (χ2n) is 7.06. The van der Waals surface area contributed by atoms with E-state index in [2.05, 4.69) is 5.10 Å². The Morgan fingerprint density at radius 2 is 1.68 bits per heavy atom. The predicted molar refractivity (Wildman–Crippen MR) is 124 cm³/mol. The number of aromatic nitrogens is 2. The van der Waals surface area contributed by atoms with E-state index in [9.17, 15) is 9.00 Å². The molecule has 0 radical (unpaired) electrons. The summed E-state index contributed by atoms with van der Waals surface area (Å²) in [4.78, 5) is 13.5. The molecule has 0 saturated carbocycles. The zero-order valence-corrected chi connectivity index (χ0v) is 18.0. The van der Waals surface area contributed by atoms with Gasteiger partial charge in [-0.05, 0) is 34.9 Å². The van der Waals surface area contributed by atoms with Crippen molar-refractivity contribution in [3.63, 3.8) is 0 Å². The molecular formula is C24H19ClN2O3S. The van der Waals surface area contributed by atoms with E-state index in [1.165, 1.54) is 4.68 Å². The summed E-state index contributed by atoms with van der Waals surface area (Å²) in [6, 6.07) is 24.1. The van der Waals surface area contributed by atoms with Gasteiger partial charge in [0.25, 0.3) is 5.56 Å². The predicted octanol–water partition coefficient (Wildman–Crippen LogP) is 4.87. The van der Waals surface area contributed by atoms with Gasteiger partial charge in [0.1, 0.15) is 0 Å². The molecule has 1 atom stereocenters. The van der Waals surface area contributed by atoms with Gasteiger partial charge < -0.3 is 4.55 Å². The molecule has 1 N–H and O–H groups in total. The van der Waals surface area contributed by atoms with E-state index in [-0.39, 0.29) is 11.3 Å². The minimum absolute atomic E-state index is 0.0613. The number of hydrogen-bond acceptors (Lipinski definition) is 3. The Bertz CT molecular complexity index is 1290. The summed E-state index contributed by atoms with van der Waals surface area (Å²) >= 11 is 4.21. The Morgan fingerprint density at radius 1 is 0.935 bits per heavy atom. The molecule has 0 spiro atoms. The van der Waals surface area contributed by atoms with Gasteiger partial charge in [0.2, 0.25) is 0 Å². The lowest BCUT2D eigenvalue weighted by molar-refractivity contribution is 0.563. The van der Waals surface area contributed by atoms with E-state index in [1.54, 1.807) is 42.6 Å². The van der Waals surface area contributed by atoms with Crippen LogP contribution in [0.2, 0.25) is 5.02 Å². The fraction of sp³-hybridized carbons (Fsp3) is 0.0833. The lowest BCUT2D eigenvalue weighted by atomic mass is 9.97. The van der Waals surface area contributed by atoms with Gasteiger partial charge in [0, 0.05) is 22.6 Å². The standard InChI is InChI=1S/C24H19ClN2O3S/c25-20-7-4-8-21(14-20)27-24(28)22(13-17-5-2-1-3-6-17)23(15-26-27)19-11-9-18(10-12-19)16-31(29)30/h1-12,14-15H,13,16H2,(H,29,30). The van der Waals surface area contributed by atoms with Crippen molar-refractivity contribution in [3.05, 3.63) is 117 Å². The molecule has 5 nitrogen and oxygen atoms in total. The van der Waals surface area contributed by atoms with Gasteiger partial charge in [-0.3, -0.25) is 4.79 Å². The minimum Gasteiger partial charge on any atom is -0.306 e. The molecule has 7 heteroatoms. The zero-order valence-electron chi connectivity index (χ0n) is 16.4. The SMILES string of the molecule is O=c1c(Cc2ccccc2)c(-c2ccc(CS(=O)O)cc2)cnn1-c1cccc(Cl)c1. The lowest BCUT2D eigenvalue weighted by Crippen LogP contribution is -2.25. The van der Waals surface area contributed by atoms with Crippen molar-refractivity contribution in [2.75, 3.05) is 0 Å². The summed E-state index contributed by atoms with van der Waals surface area (Å²) < 4.78 is 21.5. The first-order valence-electron chi connectivity index (χ1n) is 9.59. The van der Waals surface area contributed by atoms with Gasteiger partial charge in [0.15, 0.2) is 11.1 Å². The summed E-state index contributed by atoms with van der Waals surface area (Å²) in [5.74, 6) is 0.0613. The van der Waals surface area contributed by atoms with Crippen LogP contribution in [0.4, 0.5) is 0 Å². The highest BCUT2D eigenvalue weighted by Crippen LogP contribution is 2.24. The molecule has 31 heavy (non-hydrogen) atoms. The molecule has 3 aromatic carbocycles. The fourth-order valence-corrected chi connectivity index (χ4v) is 4.09. The summed E-state index contributed by atoms with van der Waals surface area (Å²) in [7, 11) is 0. The molecule has 0 aliphatic rings. The molecule has 0 bridgehead atoms. The third kappa shape index (κ3) is 4.99. The maximum Gasteiger partial charge on any atom is 0.275 e. The molecule has 0 fully saturated rings. The van der Waals surface area contributed by atoms with E-state index in [0.717, 1.165) is 22.3 Å². The first-order chi connectivity index (χ1) is 15.0. The molecule has 4 aromatic rings. The van der Waals surface area contributed by atoms with Crippen LogP contribution in [0, 0.1) is 0 Å². The van der Waals surface area contributed by atoms with Crippen molar-refractivity contribution in [1.82, 2.24) is 9.78 Å². The van der Waals surface area contributed by atoms with Crippen LogP contribution in [0.25, 0.3) is 16.8 Å². The van der Waals surface area contributed by atoms with Gasteiger partial charge >= 0.3 is 0 Å². The van der Waals surface area contributed by atoms with Crippen molar-refractivity contribution in [2.45, 2.75) is 12.2 Å². The molecule has 0 aliphatic carbocycles. The molecule has 156 valence electrons. The van der Waals surface area contributed by atoms with Crippen LogP contribution in [0.1, 0.15) is 16.7 Å². The van der Waals surface area contributed by atoms with Crippen LogP contribution in [-0.2, 0) is 23.3 Å². The number of nitrogens with zero attached hydrogens (tertiary/aromatic N) is 2. The van der Waals surface area contributed by atoms with E-state index < -0.39 is 11.1 Å². The van der Waals surface area contributed by atoms with Crippen molar-refractivity contribution >= 4 is 22.7 Å². The van der Waals surface area contributed by atoms with Gasteiger partial charge in [-0.1, -0.05) is 72.3 Å². The third-order valence-electron chi connectivity index (χ3n) is 4.91. The number of rotatable bonds is 6. The first-order valence-corrected chi connectivity index (χ1v) is 11.2. The Morgan fingerprint density at radius 3 is 2.35 bits per heavy atom. The highest BCUT2D eigenvalue weighted by Gasteiger charge is 2.15. The minimum atomic E-state index is -1.90. The number of benzene rings is 3. The quantitative estimate of drug-likeness (QED) is 0.425. The monoisotopic (exact) mass is 450 g/mol. The van der Waals surface area contributed by atoms with E-state index in [4.69, 9.17) is 16.2 Å². The van der Waals surface area contributed by atoms with Crippen molar-refractivity contribution in [3.8, 4) is 16.8 Å². The largest absolute Gasteiger partial charge is 0.306 e. The molecular weight excluding hydrogens is 432 g/mol. The summed E-state index contributed by atoms with van der Waals surface area (Å²) in [5, 5.41) is 4.92. The van der Waals surface area contributed by atoms with Crippen LogP contribution in [0.15, 0.2) is 89.9 Å². The Kier molecular flexibility index (Phi) is 6.42. The van der Waals surface area contributed by atoms with Gasteiger partial charge in [-0.15, -0.1) is 0 Å². The Hall–Kier alpha value is -3.06. The van der Waals surface area contributed by atoms with Crippen LogP contribution in [-0.4, -0.2) is 18.5 Å². The fourth-order valence-electron chi connectivity index (χ4n) is 3.42. The van der Waals surface area contributed by atoms with Gasteiger partial charge in [0.05, 0.1) is 17.6 Å². The number of hydrogen-bond donors (Lipinski definition) is 1. The Labute approximate surface area is 187 Å². The Balaban J connectivity index is 1.83. The molecule has 0 amide bonds. The molecule has 1 unspecified atom stereocenters. The molecule has 0 saturated heterocycles. The molecule has 1 aromatic heterocycles. The van der Waals surface area contributed by atoms with E-state index >= 15 is 0 Å². The summed E-state index contributed by atoms with van der Waals surface area (Å²) in [6.07, 6.45) is 2.13. The lowest BCUT2D eigenvalue weighted by Gasteiger charge is -2.13. The third-order valence-corrected chi connectivity index (χ3v) is 5.72. The topological polar surface area (TPSA) is 72.2 Å². The maximum atomic E-state index is 13.5. The summed E-state index contributed by atoms with van der Waals surface area (Å²) in [6.45, 7) is 0. The van der Waals surface area contributed by atoms with Crippen molar-refractivity contribution < 1.29 is 8.76 Å². The first kappa shape index (κ1) is 21.2. The second-order valence-corrected chi connectivity index (χ2v) is 8.43. The molecule has 4 rings (SSSR count). The van der Waals surface area contributed by atoms with E-state index in [0.29, 0.717) is 22.7 Å². The second kappa shape index (κ2) is 9.39. The van der Waals surface area contributed by atoms with Crippen LogP contribution in [0.5, 0.6) is 0 Å². The van der Waals surface area contributed by atoms with Crippen molar-refractivity contribution in [2.24, 2.45) is 0 Å². The average Bonchev–Trinajstić information content (AvgIpc) is 2.76. The number of halogens is 1. The summed E-state index contributed by atoms with van der Waals surface area (Å²) in [5.41, 5.74) is 4.29. The smallest absolute Gasteiger partial charge is 0.275 e. The van der Waals surface area contributed by atoms with Crippen LogP contribution in [0.3, 0.4) is 0 Å². The zero-order chi connectivity index (χ0) is 21.8. The average molecular weight is 451 g/mol. The normalized spacial score (nSPS) is 11.9. The van der Waals surface area contributed by atoms with Crippen LogP contribution < -0.4 is 5.56 Å². The van der Waals surface area contributed by atoms with Gasteiger partial charge in [-0.25, -0.2) is 4.21 Å². The highest BCUT2D eigenvalue weighted by molar-refractivity contribution is 7.78.